The first kappa shape index (κ1) is 18.0. The van der Waals surface area contributed by atoms with Gasteiger partial charge in [-0.05, 0) is 35.2 Å². The second-order valence-corrected chi connectivity index (χ2v) is 7.40. The molecule has 5 nitrogen and oxygen atoms in total. The highest BCUT2D eigenvalue weighted by Gasteiger charge is 2.18. The second-order valence-electron chi connectivity index (χ2n) is 5.66. The number of nitrogens with zero attached hydrogens (tertiary/aromatic N) is 1. The summed E-state index contributed by atoms with van der Waals surface area (Å²) >= 11 is 0. The summed E-state index contributed by atoms with van der Waals surface area (Å²) in [7, 11) is -2.14. The fraction of sp³-hybridized carbons (Fsp3) is 0.278. The molecule has 0 saturated heterocycles. The predicted molar refractivity (Wildman–Crippen MR) is 92.3 cm³/mol. The van der Waals surface area contributed by atoms with Gasteiger partial charge in [0.1, 0.15) is 11.8 Å². The maximum absolute atomic E-state index is 12.4. The topological polar surface area (TPSA) is 79.2 Å². The van der Waals surface area contributed by atoms with Crippen LogP contribution < -0.4 is 9.46 Å². The molecule has 0 atom stereocenters. The Morgan fingerprint density at radius 1 is 1.21 bits per heavy atom. The zero-order valence-corrected chi connectivity index (χ0v) is 14.7. The molecule has 0 spiro atoms. The summed E-state index contributed by atoms with van der Waals surface area (Å²) < 4.78 is 32.8. The van der Waals surface area contributed by atoms with Crippen molar-refractivity contribution < 1.29 is 13.2 Å². The highest BCUT2D eigenvalue weighted by atomic mass is 32.2. The van der Waals surface area contributed by atoms with Crippen LogP contribution in [-0.4, -0.2) is 15.5 Å². The van der Waals surface area contributed by atoms with Gasteiger partial charge >= 0.3 is 0 Å². The Hall–Kier alpha value is -2.36. The summed E-state index contributed by atoms with van der Waals surface area (Å²) in [5.41, 5.74) is 1.98. The minimum Gasteiger partial charge on any atom is -0.496 e. The molecule has 0 aromatic heterocycles. The summed E-state index contributed by atoms with van der Waals surface area (Å²) in [6.45, 7) is 4.25. The van der Waals surface area contributed by atoms with Crippen LogP contribution >= 0.6 is 0 Å². The van der Waals surface area contributed by atoms with Gasteiger partial charge in [0.15, 0.2) is 0 Å². The van der Waals surface area contributed by atoms with Crippen LogP contribution in [0.25, 0.3) is 0 Å². The Morgan fingerprint density at radius 2 is 1.92 bits per heavy atom. The summed E-state index contributed by atoms with van der Waals surface area (Å²) in [6, 6.07) is 13.6. The van der Waals surface area contributed by atoms with E-state index >= 15 is 0 Å². The largest absolute Gasteiger partial charge is 0.496 e. The fourth-order valence-electron chi connectivity index (χ4n) is 2.39. The van der Waals surface area contributed by atoms with E-state index in [1.165, 1.54) is 12.1 Å². The molecule has 0 radical (unpaired) electrons. The van der Waals surface area contributed by atoms with Crippen molar-refractivity contribution >= 4 is 10.0 Å². The number of sulfonamides is 1. The molecule has 0 aliphatic rings. The smallest absolute Gasteiger partial charge is 0.242 e. The number of rotatable bonds is 6. The zero-order valence-electron chi connectivity index (χ0n) is 13.9. The molecule has 0 fully saturated rings. The van der Waals surface area contributed by atoms with E-state index in [1.807, 2.05) is 24.3 Å². The summed E-state index contributed by atoms with van der Waals surface area (Å²) in [4.78, 5) is -0.00917. The Kier molecular flexibility index (Phi) is 5.60. The number of nitrogens with one attached hydrogen (secondary N) is 1. The Balaban J connectivity index is 2.24. The number of methoxy groups -OCH3 is 1. The molecule has 0 aliphatic carbocycles. The van der Waals surface area contributed by atoms with Gasteiger partial charge in [0, 0.05) is 6.54 Å². The zero-order chi connectivity index (χ0) is 17.7. The molecule has 0 aliphatic heterocycles. The molecule has 126 valence electrons. The van der Waals surface area contributed by atoms with Crippen molar-refractivity contribution in [1.29, 1.82) is 5.26 Å². The van der Waals surface area contributed by atoms with Crippen molar-refractivity contribution in [3.05, 3.63) is 59.2 Å². The fourth-order valence-corrected chi connectivity index (χ4v) is 3.57. The molecule has 0 saturated carbocycles. The molecule has 6 heteroatoms. The normalized spacial score (nSPS) is 11.3. The first-order valence-electron chi connectivity index (χ1n) is 7.54. The molecular weight excluding hydrogens is 324 g/mol. The molecule has 0 heterocycles. The van der Waals surface area contributed by atoms with Crippen molar-refractivity contribution in [2.24, 2.45) is 0 Å². The lowest BCUT2D eigenvalue weighted by atomic mass is 9.99. The molecule has 2 aromatic rings. The van der Waals surface area contributed by atoms with E-state index in [0.717, 1.165) is 16.9 Å². The van der Waals surface area contributed by atoms with Gasteiger partial charge in [0.25, 0.3) is 0 Å². The van der Waals surface area contributed by atoms with Gasteiger partial charge in [-0.2, -0.15) is 5.26 Å². The maximum atomic E-state index is 12.4. The van der Waals surface area contributed by atoms with Gasteiger partial charge in [-0.3, -0.25) is 0 Å². The lowest BCUT2D eigenvalue weighted by molar-refractivity contribution is 0.407. The highest BCUT2D eigenvalue weighted by molar-refractivity contribution is 7.89. The molecule has 1 N–H and O–H groups in total. The monoisotopic (exact) mass is 344 g/mol. The minimum atomic E-state index is -3.75. The van der Waals surface area contributed by atoms with E-state index in [4.69, 9.17) is 10.00 Å². The van der Waals surface area contributed by atoms with Crippen LogP contribution in [0, 0.1) is 11.3 Å². The van der Waals surface area contributed by atoms with Crippen LogP contribution in [0.2, 0.25) is 0 Å². The van der Waals surface area contributed by atoms with Crippen molar-refractivity contribution in [3.63, 3.8) is 0 Å². The third-order valence-corrected chi connectivity index (χ3v) is 5.14. The average Bonchev–Trinajstić information content (AvgIpc) is 2.59. The average molecular weight is 344 g/mol. The molecular formula is C18H20N2O3S. The first-order chi connectivity index (χ1) is 11.4. The van der Waals surface area contributed by atoms with Gasteiger partial charge < -0.3 is 4.74 Å². The Labute approximate surface area is 142 Å². The van der Waals surface area contributed by atoms with Gasteiger partial charge in [-0.1, -0.05) is 38.1 Å². The Morgan fingerprint density at radius 3 is 2.54 bits per heavy atom. The lowest BCUT2D eigenvalue weighted by Crippen LogP contribution is -2.24. The molecule has 2 rings (SSSR count). The number of hydrogen-bond donors (Lipinski definition) is 1. The predicted octanol–water partition coefficient (Wildman–Crippen LogP) is 3.17. The van der Waals surface area contributed by atoms with Crippen molar-refractivity contribution in [1.82, 2.24) is 4.72 Å². The van der Waals surface area contributed by atoms with E-state index in [2.05, 4.69) is 18.6 Å². The van der Waals surface area contributed by atoms with Gasteiger partial charge in [-0.25, -0.2) is 13.1 Å². The molecule has 2 aromatic carbocycles. The summed E-state index contributed by atoms with van der Waals surface area (Å²) in [6.07, 6.45) is 0. The summed E-state index contributed by atoms with van der Waals surface area (Å²) in [5.74, 6) is 1.04. The van der Waals surface area contributed by atoms with E-state index in [0.29, 0.717) is 0 Å². The van der Waals surface area contributed by atoms with Crippen molar-refractivity contribution in [3.8, 4) is 11.8 Å². The lowest BCUT2D eigenvalue weighted by Gasteiger charge is -2.14. The number of ether oxygens (including phenoxy) is 1. The van der Waals surface area contributed by atoms with Crippen molar-refractivity contribution in [2.75, 3.05) is 7.11 Å². The third-order valence-electron chi connectivity index (χ3n) is 3.68. The van der Waals surface area contributed by atoms with E-state index in [9.17, 15) is 8.42 Å². The van der Waals surface area contributed by atoms with Crippen LogP contribution in [0.3, 0.4) is 0 Å². The maximum Gasteiger partial charge on any atom is 0.242 e. The van der Waals surface area contributed by atoms with Gasteiger partial charge in [-0.15, -0.1) is 0 Å². The van der Waals surface area contributed by atoms with Crippen LogP contribution in [0.1, 0.15) is 36.5 Å². The third kappa shape index (κ3) is 3.94. The van der Waals surface area contributed by atoms with E-state index < -0.39 is 10.0 Å². The molecule has 0 bridgehead atoms. The SMILES string of the molecule is COc1ccc(CNS(=O)(=O)c2ccccc2C#N)cc1C(C)C. The number of hydrogen-bond acceptors (Lipinski definition) is 4. The van der Waals surface area contributed by atoms with E-state index in [-0.39, 0.29) is 22.9 Å². The quantitative estimate of drug-likeness (QED) is 0.873. The number of benzene rings is 2. The van der Waals surface area contributed by atoms with Crippen LogP contribution in [0.15, 0.2) is 47.4 Å². The molecule has 0 unspecified atom stereocenters. The van der Waals surface area contributed by atoms with E-state index in [1.54, 1.807) is 19.2 Å². The Bertz CT molecular complexity index is 868. The van der Waals surface area contributed by atoms with Crippen LogP contribution in [-0.2, 0) is 16.6 Å². The molecule has 24 heavy (non-hydrogen) atoms. The molecule has 0 amide bonds. The van der Waals surface area contributed by atoms with Gasteiger partial charge in [0.05, 0.1) is 17.6 Å². The standard InChI is InChI=1S/C18H20N2O3S/c1-13(2)16-10-14(8-9-17(16)23-3)12-20-24(21,22)18-7-5-4-6-15(18)11-19/h4-10,13,20H,12H2,1-3H3. The second kappa shape index (κ2) is 7.47. The van der Waals surface area contributed by atoms with Gasteiger partial charge in [0.2, 0.25) is 10.0 Å². The first-order valence-corrected chi connectivity index (χ1v) is 9.03. The number of nitriles is 1. The highest BCUT2D eigenvalue weighted by Crippen LogP contribution is 2.27. The van der Waals surface area contributed by atoms with Crippen LogP contribution in [0.4, 0.5) is 0 Å². The summed E-state index contributed by atoms with van der Waals surface area (Å²) in [5, 5.41) is 9.07. The minimum absolute atomic E-state index is 0.00917. The van der Waals surface area contributed by atoms with Crippen molar-refractivity contribution in [2.45, 2.75) is 31.2 Å². The van der Waals surface area contributed by atoms with Crippen LogP contribution in [0.5, 0.6) is 5.75 Å².